The van der Waals surface area contributed by atoms with Gasteiger partial charge in [0.1, 0.15) is 15.4 Å². The lowest BCUT2D eigenvalue weighted by molar-refractivity contribution is 0.103. The van der Waals surface area contributed by atoms with Crippen molar-refractivity contribution in [3.8, 4) is 5.69 Å². The van der Waals surface area contributed by atoms with Crippen LogP contribution < -0.4 is 16.6 Å². The lowest BCUT2D eigenvalue weighted by Crippen LogP contribution is -2.21. The van der Waals surface area contributed by atoms with Crippen molar-refractivity contribution in [1.29, 1.82) is 0 Å². The maximum absolute atomic E-state index is 13.1. The highest BCUT2D eigenvalue weighted by molar-refractivity contribution is 7.21. The highest BCUT2D eigenvalue weighted by Gasteiger charge is 2.22. The third kappa shape index (κ3) is 3.60. The van der Waals surface area contributed by atoms with Crippen LogP contribution in [0.25, 0.3) is 15.9 Å². The number of para-hydroxylation sites is 1. The summed E-state index contributed by atoms with van der Waals surface area (Å²) >= 11 is 1.28. The van der Waals surface area contributed by atoms with E-state index in [1.807, 2.05) is 30.3 Å². The normalized spacial score (nSPS) is 14.0. The van der Waals surface area contributed by atoms with E-state index in [0.29, 0.717) is 21.9 Å². The molecule has 164 valence electrons. The first-order valence-corrected chi connectivity index (χ1v) is 11.7. The first-order valence-electron chi connectivity index (χ1n) is 10.9. The monoisotopic (exact) mass is 447 g/mol. The number of hydrogen-bond donors (Lipinski definition) is 3. The molecule has 4 N–H and O–H groups in total. The average Bonchev–Trinajstić information content (AvgIpc) is 3.25. The molecule has 32 heavy (non-hydrogen) atoms. The number of aromatic nitrogens is 3. The minimum atomic E-state index is -0.391. The number of aromatic amines is 1. The molecule has 7 nitrogen and oxygen atoms in total. The summed E-state index contributed by atoms with van der Waals surface area (Å²) in [6, 6.07) is 11.3. The topological polar surface area (TPSA) is 106 Å². The molecule has 0 bridgehead atoms. The van der Waals surface area contributed by atoms with Gasteiger partial charge in [0.25, 0.3) is 11.5 Å². The number of anilines is 2. The zero-order valence-electron chi connectivity index (χ0n) is 17.9. The molecule has 0 aliphatic heterocycles. The fourth-order valence-electron chi connectivity index (χ4n) is 4.30. The van der Waals surface area contributed by atoms with Gasteiger partial charge < -0.3 is 11.1 Å². The second kappa shape index (κ2) is 8.27. The summed E-state index contributed by atoms with van der Waals surface area (Å²) in [6.07, 6.45) is 6.72. The van der Waals surface area contributed by atoms with Crippen molar-refractivity contribution in [3.63, 3.8) is 0 Å². The molecule has 0 atom stereocenters. The van der Waals surface area contributed by atoms with E-state index >= 15 is 0 Å². The van der Waals surface area contributed by atoms with Gasteiger partial charge in [-0.1, -0.05) is 31.0 Å². The molecule has 3 aromatic heterocycles. The van der Waals surface area contributed by atoms with Crippen molar-refractivity contribution in [2.24, 2.45) is 0 Å². The van der Waals surface area contributed by atoms with Crippen LogP contribution in [0, 0.1) is 6.92 Å². The van der Waals surface area contributed by atoms with E-state index in [0.717, 1.165) is 41.6 Å². The number of hydrogen-bond acceptors (Lipinski definition) is 5. The van der Waals surface area contributed by atoms with Crippen LogP contribution in [-0.4, -0.2) is 20.7 Å². The summed E-state index contributed by atoms with van der Waals surface area (Å²) in [5.41, 5.74) is 10.4. The van der Waals surface area contributed by atoms with E-state index in [9.17, 15) is 9.59 Å². The molecule has 0 saturated heterocycles. The van der Waals surface area contributed by atoms with E-state index in [2.05, 4.69) is 16.5 Å². The van der Waals surface area contributed by atoms with Gasteiger partial charge >= 0.3 is 0 Å². The summed E-state index contributed by atoms with van der Waals surface area (Å²) in [4.78, 5) is 32.1. The number of benzene rings is 1. The maximum atomic E-state index is 13.1. The fourth-order valence-corrected chi connectivity index (χ4v) is 5.30. The lowest BCUT2D eigenvalue weighted by Gasteiger charge is -2.12. The molecule has 8 heteroatoms. The molecular formula is C24H25N5O2S. The highest BCUT2D eigenvalue weighted by atomic mass is 32.1. The predicted molar refractivity (Wildman–Crippen MR) is 129 cm³/mol. The summed E-state index contributed by atoms with van der Waals surface area (Å²) in [7, 11) is 0. The van der Waals surface area contributed by atoms with Crippen molar-refractivity contribution in [2.45, 2.75) is 45.4 Å². The van der Waals surface area contributed by atoms with Crippen LogP contribution in [0.5, 0.6) is 0 Å². The van der Waals surface area contributed by atoms with Crippen LogP contribution in [-0.2, 0) is 12.8 Å². The van der Waals surface area contributed by atoms with Crippen molar-refractivity contribution in [1.82, 2.24) is 14.8 Å². The number of rotatable bonds is 3. The largest absolute Gasteiger partial charge is 0.397 e. The van der Waals surface area contributed by atoms with Gasteiger partial charge in [0, 0.05) is 11.1 Å². The minimum Gasteiger partial charge on any atom is -0.397 e. The van der Waals surface area contributed by atoms with Crippen molar-refractivity contribution >= 4 is 38.8 Å². The molecule has 3 heterocycles. The van der Waals surface area contributed by atoms with E-state index in [1.165, 1.54) is 34.4 Å². The number of amides is 1. The molecule has 1 amide bonds. The summed E-state index contributed by atoms with van der Waals surface area (Å²) in [6.45, 7) is 1.76. The average molecular weight is 448 g/mol. The second-order valence-corrected chi connectivity index (χ2v) is 9.25. The Morgan fingerprint density at radius 2 is 1.91 bits per heavy atom. The van der Waals surface area contributed by atoms with Gasteiger partial charge in [-0.2, -0.15) is 0 Å². The summed E-state index contributed by atoms with van der Waals surface area (Å²) in [5, 5.41) is 6.63. The number of pyridine rings is 1. The SMILES string of the molecule is Cc1[nH]n(-c2ccccc2)c(=O)c1NC(=O)c1sc2nc3c(cc2c1N)CCCCCC3. The quantitative estimate of drug-likeness (QED) is 0.427. The third-order valence-corrected chi connectivity index (χ3v) is 7.14. The molecule has 0 spiro atoms. The van der Waals surface area contributed by atoms with Crippen LogP contribution >= 0.6 is 11.3 Å². The van der Waals surface area contributed by atoms with Crippen molar-refractivity contribution in [2.75, 3.05) is 11.1 Å². The maximum Gasteiger partial charge on any atom is 0.295 e. The Bertz CT molecular complexity index is 1370. The molecule has 4 aromatic rings. The van der Waals surface area contributed by atoms with Crippen molar-refractivity contribution < 1.29 is 4.79 Å². The number of fused-ring (bicyclic) bond motifs is 2. The number of nitrogen functional groups attached to an aromatic ring is 1. The Morgan fingerprint density at radius 1 is 1.16 bits per heavy atom. The Balaban J connectivity index is 1.49. The summed E-state index contributed by atoms with van der Waals surface area (Å²) in [5.74, 6) is -0.391. The Morgan fingerprint density at radius 3 is 2.69 bits per heavy atom. The predicted octanol–water partition coefficient (Wildman–Crippen LogP) is 4.58. The van der Waals surface area contributed by atoms with E-state index < -0.39 is 5.91 Å². The number of thiophene rings is 1. The van der Waals surface area contributed by atoms with Crippen molar-refractivity contribution in [3.05, 3.63) is 68.6 Å². The van der Waals surface area contributed by atoms with Crippen LogP contribution in [0.2, 0.25) is 0 Å². The highest BCUT2D eigenvalue weighted by Crippen LogP contribution is 2.35. The van der Waals surface area contributed by atoms with Gasteiger partial charge in [-0.25, -0.2) is 9.67 Å². The number of nitrogens with one attached hydrogen (secondary N) is 2. The third-order valence-electron chi connectivity index (χ3n) is 6.03. The standard InChI is InChI=1S/C24H25N5O2S/c1-14-20(24(31)29(28-14)16-10-6-4-7-11-16)27-22(30)21-19(25)17-13-15-9-5-2-3-8-12-18(15)26-23(17)32-21/h4,6-7,10-11,13,28H,2-3,5,8-9,12,25H2,1H3,(H,27,30). The summed E-state index contributed by atoms with van der Waals surface area (Å²) < 4.78 is 1.42. The molecule has 0 radical (unpaired) electrons. The van der Waals surface area contributed by atoms with E-state index in [-0.39, 0.29) is 11.2 Å². The Hall–Kier alpha value is -3.39. The van der Waals surface area contributed by atoms with Crippen LogP contribution in [0.1, 0.15) is 52.3 Å². The molecule has 0 saturated carbocycles. The minimum absolute atomic E-state index is 0.218. The molecule has 1 aliphatic carbocycles. The number of nitrogens with zero attached hydrogens (tertiary/aromatic N) is 2. The smallest absolute Gasteiger partial charge is 0.295 e. The van der Waals surface area contributed by atoms with E-state index in [4.69, 9.17) is 10.7 Å². The zero-order valence-corrected chi connectivity index (χ0v) is 18.7. The molecular weight excluding hydrogens is 422 g/mol. The lowest BCUT2D eigenvalue weighted by atomic mass is 9.96. The number of carbonyl (C=O) groups is 1. The Kier molecular flexibility index (Phi) is 5.30. The van der Waals surface area contributed by atoms with Gasteiger partial charge in [-0.05, 0) is 56.4 Å². The van der Waals surface area contributed by atoms with Gasteiger partial charge in [0.15, 0.2) is 0 Å². The van der Waals surface area contributed by atoms with Crippen LogP contribution in [0.4, 0.5) is 11.4 Å². The van der Waals surface area contributed by atoms with Gasteiger partial charge in [0.05, 0.1) is 17.1 Å². The van der Waals surface area contributed by atoms with Crippen LogP contribution in [0.15, 0.2) is 41.2 Å². The molecule has 5 rings (SSSR count). The number of carbonyl (C=O) groups excluding carboxylic acids is 1. The molecule has 0 unspecified atom stereocenters. The molecule has 0 fully saturated rings. The van der Waals surface area contributed by atoms with Gasteiger partial charge in [0.2, 0.25) is 0 Å². The number of H-pyrrole nitrogens is 1. The number of aryl methyl sites for hydroxylation is 3. The second-order valence-electron chi connectivity index (χ2n) is 8.25. The van der Waals surface area contributed by atoms with E-state index in [1.54, 1.807) is 6.92 Å². The number of nitrogens with two attached hydrogens (primary N) is 1. The van der Waals surface area contributed by atoms with Gasteiger partial charge in [-0.15, -0.1) is 11.3 Å². The molecule has 1 aliphatic rings. The molecule has 1 aromatic carbocycles. The van der Waals surface area contributed by atoms with Gasteiger partial charge in [-0.3, -0.25) is 14.7 Å². The Labute approximate surface area is 189 Å². The first-order chi connectivity index (χ1) is 15.5. The van der Waals surface area contributed by atoms with Crippen LogP contribution in [0.3, 0.4) is 0 Å². The zero-order chi connectivity index (χ0) is 22.2. The fraction of sp³-hybridized carbons (Fsp3) is 0.292. The first kappa shape index (κ1) is 20.5.